The Kier molecular flexibility index (Phi) is 65.4. The lowest BCUT2D eigenvalue weighted by Gasteiger charge is -2.22. The summed E-state index contributed by atoms with van der Waals surface area (Å²) in [5.41, 5.74) is 0. The summed E-state index contributed by atoms with van der Waals surface area (Å²) < 4.78 is 5.50. The molecule has 0 rings (SSSR count). The second kappa shape index (κ2) is 66.4. The number of unbranched alkanes of at least 4 members (excludes halogenated alkanes) is 56. The number of aliphatic hydroxyl groups is 2. The van der Waals surface area contributed by atoms with E-state index in [9.17, 15) is 19.8 Å². The molecule has 6 heteroatoms. The number of esters is 1. The van der Waals surface area contributed by atoms with Crippen LogP contribution in [-0.4, -0.2) is 47.4 Å². The van der Waals surface area contributed by atoms with Crippen molar-refractivity contribution in [3.05, 3.63) is 0 Å². The predicted octanol–water partition coefficient (Wildman–Crippen LogP) is 22.6. The van der Waals surface area contributed by atoms with Crippen LogP contribution in [0, 0.1) is 0 Å². The number of aliphatic hydroxyl groups excluding tert-OH is 2. The van der Waals surface area contributed by atoms with Gasteiger partial charge in [0, 0.05) is 12.8 Å². The molecule has 0 aromatic heterocycles. The molecule has 0 aliphatic carbocycles. The Balaban J connectivity index is 3.37. The van der Waals surface area contributed by atoms with Crippen molar-refractivity contribution in [2.45, 2.75) is 424 Å². The van der Waals surface area contributed by atoms with Crippen LogP contribution in [-0.2, 0) is 14.3 Å². The molecule has 2 unspecified atom stereocenters. The third-order valence-corrected chi connectivity index (χ3v) is 16.9. The Hall–Kier alpha value is -1.14. The van der Waals surface area contributed by atoms with Crippen LogP contribution in [0.25, 0.3) is 0 Å². The van der Waals surface area contributed by atoms with Crippen LogP contribution < -0.4 is 5.32 Å². The zero-order valence-corrected chi connectivity index (χ0v) is 52.0. The molecule has 0 heterocycles. The van der Waals surface area contributed by atoms with Gasteiger partial charge in [-0.1, -0.05) is 373 Å². The molecule has 0 saturated heterocycles. The lowest BCUT2D eigenvalue weighted by atomic mass is 10.0. The van der Waals surface area contributed by atoms with Crippen molar-refractivity contribution >= 4 is 11.9 Å². The zero-order valence-electron chi connectivity index (χ0n) is 52.0. The summed E-state index contributed by atoms with van der Waals surface area (Å²) in [7, 11) is 0. The highest BCUT2D eigenvalue weighted by Crippen LogP contribution is 2.20. The fraction of sp³-hybridized carbons (Fsp3) is 0.971. The zero-order chi connectivity index (χ0) is 55.0. The van der Waals surface area contributed by atoms with Crippen molar-refractivity contribution in [2.24, 2.45) is 0 Å². The van der Waals surface area contributed by atoms with E-state index in [0.717, 1.165) is 38.5 Å². The van der Waals surface area contributed by atoms with Crippen LogP contribution >= 0.6 is 0 Å². The molecule has 2 atom stereocenters. The van der Waals surface area contributed by atoms with Gasteiger partial charge >= 0.3 is 5.97 Å². The van der Waals surface area contributed by atoms with Crippen LogP contribution in [0.15, 0.2) is 0 Å². The van der Waals surface area contributed by atoms with Gasteiger partial charge in [-0.3, -0.25) is 9.59 Å². The minimum absolute atomic E-state index is 0.0152. The van der Waals surface area contributed by atoms with Crippen molar-refractivity contribution < 1.29 is 24.5 Å². The topological polar surface area (TPSA) is 95.9 Å². The van der Waals surface area contributed by atoms with E-state index in [4.69, 9.17) is 4.74 Å². The third-order valence-electron chi connectivity index (χ3n) is 16.9. The standard InChI is InChI=1S/C70H139NO5/c1-3-5-7-9-11-13-15-17-19-20-21-22-23-24-25-28-31-35-38-42-46-50-54-58-62-68(73)67(66-72)71-69(74)63-59-55-51-47-43-39-36-32-29-26-27-30-33-37-41-45-49-53-57-61-65-76-70(75)64-60-56-52-48-44-40-34-18-16-14-12-10-8-6-4-2/h67-68,72-73H,3-66H2,1-2H3,(H,71,74). The lowest BCUT2D eigenvalue weighted by molar-refractivity contribution is -0.143. The maximum atomic E-state index is 12.6. The molecule has 6 nitrogen and oxygen atoms in total. The largest absolute Gasteiger partial charge is 0.466 e. The Labute approximate surface area is 476 Å². The molecule has 0 aromatic carbocycles. The summed E-state index contributed by atoms with van der Waals surface area (Å²) in [6.45, 7) is 5.00. The highest BCUT2D eigenvalue weighted by atomic mass is 16.5. The first-order valence-corrected chi connectivity index (χ1v) is 35.3. The Morgan fingerprint density at radius 3 is 0.803 bits per heavy atom. The van der Waals surface area contributed by atoms with Crippen LogP contribution in [0.4, 0.5) is 0 Å². The van der Waals surface area contributed by atoms with Crippen LogP contribution in [0.3, 0.4) is 0 Å². The number of rotatable bonds is 67. The molecule has 0 spiro atoms. The van der Waals surface area contributed by atoms with E-state index >= 15 is 0 Å². The summed E-state index contributed by atoms with van der Waals surface area (Å²) in [6.07, 6.45) is 80.0. The highest BCUT2D eigenvalue weighted by Gasteiger charge is 2.20. The first-order chi connectivity index (χ1) is 37.5. The van der Waals surface area contributed by atoms with Gasteiger partial charge in [-0.2, -0.15) is 0 Å². The number of carbonyl (C=O) groups is 2. The number of ether oxygens (including phenoxy) is 1. The monoisotopic (exact) mass is 1070 g/mol. The van der Waals surface area contributed by atoms with Gasteiger partial charge in [0.05, 0.1) is 25.4 Å². The molecular weight excluding hydrogens is 935 g/mol. The maximum absolute atomic E-state index is 12.6. The first-order valence-electron chi connectivity index (χ1n) is 35.3. The molecular formula is C70H139NO5. The van der Waals surface area contributed by atoms with Gasteiger partial charge in [-0.25, -0.2) is 0 Å². The average molecular weight is 1070 g/mol. The number of amides is 1. The Morgan fingerprint density at radius 2 is 0.539 bits per heavy atom. The van der Waals surface area contributed by atoms with E-state index in [1.807, 2.05) is 0 Å². The second-order valence-electron chi connectivity index (χ2n) is 24.6. The summed E-state index contributed by atoms with van der Waals surface area (Å²) in [6, 6.07) is -0.543. The second-order valence-corrected chi connectivity index (χ2v) is 24.6. The number of hydrogen-bond donors (Lipinski definition) is 3. The molecule has 0 fully saturated rings. The van der Waals surface area contributed by atoms with E-state index in [1.165, 1.54) is 340 Å². The molecule has 1 amide bonds. The van der Waals surface area contributed by atoms with Crippen molar-refractivity contribution in [1.29, 1.82) is 0 Å². The molecule has 0 aromatic rings. The Morgan fingerprint density at radius 1 is 0.316 bits per heavy atom. The van der Waals surface area contributed by atoms with E-state index < -0.39 is 12.1 Å². The van der Waals surface area contributed by atoms with Crippen LogP contribution in [0.2, 0.25) is 0 Å². The summed E-state index contributed by atoms with van der Waals surface area (Å²) in [4.78, 5) is 24.6. The average Bonchev–Trinajstić information content (AvgIpc) is 3.42. The smallest absolute Gasteiger partial charge is 0.305 e. The molecule has 454 valence electrons. The summed E-state index contributed by atoms with van der Waals surface area (Å²) in [5.74, 6) is -0.0156. The quantitative estimate of drug-likeness (QED) is 0.0417. The van der Waals surface area contributed by atoms with E-state index in [1.54, 1.807) is 0 Å². The van der Waals surface area contributed by atoms with E-state index in [2.05, 4.69) is 19.2 Å². The molecule has 0 aliphatic heterocycles. The van der Waals surface area contributed by atoms with Gasteiger partial charge in [0.25, 0.3) is 0 Å². The Bertz CT molecular complexity index is 1100. The van der Waals surface area contributed by atoms with Gasteiger partial charge in [-0.05, 0) is 25.7 Å². The fourth-order valence-corrected chi connectivity index (χ4v) is 11.5. The SMILES string of the molecule is CCCCCCCCCCCCCCCCCCCCCCCCCCC(O)C(CO)NC(=O)CCCCCCCCCCCCCCCCCCCCCCOC(=O)CCCCCCCCCCCCCCCCC. The molecule has 76 heavy (non-hydrogen) atoms. The molecule has 3 N–H and O–H groups in total. The minimum atomic E-state index is -0.666. The van der Waals surface area contributed by atoms with Gasteiger partial charge in [-0.15, -0.1) is 0 Å². The normalized spacial score (nSPS) is 12.4. The van der Waals surface area contributed by atoms with E-state index in [-0.39, 0.29) is 18.5 Å². The van der Waals surface area contributed by atoms with Crippen molar-refractivity contribution in [3.8, 4) is 0 Å². The van der Waals surface area contributed by atoms with Crippen molar-refractivity contribution in [2.75, 3.05) is 13.2 Å². The van der Waals surface area contributed by atoms with Crippen molar-refractivity contribution in [1.82, 2.24) is 5.32 Å². The summed E-state index contributed by atoms with van der Waals surface area (Å²) in [5, 5.41) is 23.4. The predicted molar refractivity (Wildman–Crippen MR) is 334 cm³/mol. The van der Waals surface area contributed by atoms with Gasteiger partial charge in [0.15, 0.2) is 0 Å². The molecule has 0 aliphatic rings. The number of nitrogens with one attached hydrogen (secondary N) is 1. The molecule has 0 saturated carbocycles. The molecule has 0 bridgehead atoms. The number of carbonyl (C=O) groups excluding carboxylic acids is 2. The minimum Gasteiger partial charge on any atom is -0.466 e. The van der Waals surface area contributed by atoms with Gasteiger partial charge < -0.3 is 20.3 Å². The van der Waals surface area contributed by atoms with Crippen molar-refractivity contribution in [3.63, 3.8) is 0 Å². The summed E-state index contributed by atoms with van der Waals surface area (Å²) >= 11 is 0. The maximum Gasteiger partial charge on any atom is 0.305 e. The molecule has 0 radical (unpaired) electrons. The van der Waals surface area contributed by atoms with Gasteiger partial charge in [0.1, 0.15) is 0 Å². The first kappa shape index (κ1) is 74.9. The highest BCUT2D eigenvalue weighted by molar-refractivity contribution is 5.76. The van der Waals surface area contributed by atoms with Gasteiger partial charge in [0.2, 0.25) is 5.91 Å². The lowest BCUT2D eigenvalue weighted by Crippen LogP contribution is -2.45. The number of hydrogen-bond acceptors (Lipinski definition) is 5. The van der Waals surface area contributed by atoms with E-state index in [0.29, 0.717) is 25.9 Å². The fourth-order valence-electron chi connectivity index (χ4n) is 11.5. The third kappa shape index (κ3) is 62.1. The van der Waals surface area contributed by atoms with Crippen LogP contribution in [0.5, 0.6) is 0 Å². The van der Waals surface area contributed by atoms with Crippen LogP contribution in [0.1, 0.15) is 412 Å².